The van der Waals surface area contributed by atoms with Crippen LogP contribution in [-0.4, -0.2) is 11.7 Å². The number of rotatable bonds is 5. The van der Waals surface area contributed by atoms with Gasteiger partial charge < -0.3 is 0 Å². The summed E-state index contributed by atoms with van der Waals surface area (Å²) in [4.78, 5) is 0. The van der Waals surface area contributed by atoms with Gasteiger partial charge in [0.05, 0.1) is 0 Å². The molecule has 142 valence electrons. The Morgan fingerprint density at radius 3 is 1.25 bits per heavy atom. The number of hydrogen-bond donors (Lipinski definition) is 0. The number of methoxy groups -OCH3 is 1. The van der Waals surface area contributed by atoms with Crippen molar-refractivity contribution in [3.05, 3.63) is 105 Å². The van der Waals surface area contributed by atoms with E-state index in [1.54, 1.807) is 7.11 Å². The van der Waals surface area contributed by atoms with E-state index in [1.807, 2.05) is 12.1 Å². The molecule has 0 amide bonds. The van der Waals surface area contributed by atoms with Crippen LogP contribution in [0.4, 0.5) is 0 Å². The van der Waals surface area contributed by atoms with E-state index < -0.39 is 0 Å². The van der Waals surface area contributed by atoms with Crippen LogP contribution in [0, 0.1) is 33.3 Å². The summed E-state index contributed by atoms with van der Waals surface area (Å²) in [5.74, 6) is 0.337. The van der Waals surface area contributed by atoms with Crippen LogP contribution in [0.5, 0.6) is 0 Å². The van der Waals surface area contributed by atoms with Gasteiger partial charge in [-0.25, -0.2) is 0 Å². The van der Waals surface area contributed by atoms with Gasteiger partial charge in [0.2, 0.25) is 0 Å². The molecule has 2 aromatic rings. The van der Waals surface area contributed by atoms with E-state index in [0.717, 1.165) is 11.0 Å². The van der Waals surface area contributed by atoms with Gasteiger partial charge in [-0.2, -0.15) is 0 Å². The summed E-state index contributed by atoms with van der Waals surface area (Å²) in [5, 5.41) is 0. The molecule has 2 aromatic carbocycles. The zero-order valence-corrected chi connectivity index (χ0v) is 16.2. The van der Waals surface area contributed by atoms with Crippen LogP contribution in [0.25, 0.3) is 0 Å². The first kappa shape index (κ1) is 33.1. The SMILES string of the molecule is CO[C](=[Cr])CC(c1ccccc1)c1ccccc1.[C-]#[O+].[C-]#[O+].[C-]#[O+].[C-]#[O+].[C-]#[O+]. The van der Waals surface area contributed by atoms with Crippen molar-refractivity contribution in [1.29, 1.82) is 0 Å². The molecule has 0 heterocycles. The Morgan fingerprint density at radius 1 is 0.714 bits per heavy atom. The molecule has 0 aliphatic carbocycles. The maximum atomic E-state index is 7.50. The van der Waals surface area contributed by atoms with Gasteiger partial charge >= 0.3 is 173 Å². The Bertz CT molecular complexity index is 628. The summed E-state index contributed by atoms with van der Waals surface area (Å²) in [5.41, 5.74) is 2.63. The third-order valence-corrected chi connectivity index (χ3v) is 3.52. The van der Waals surface area contributed by atoms with E-state index in [-0.39, 0.29) is 0 Å². The van der Waals surface area contributed by atoms with Crippen molar-refractivity contribution in [1.82, 2.24) is 0 Å². The molecule has 0 spiro atoms. The van der Waals surface area contributed by atoms with Gasteiger partial charge in [-0.3, -0.25) is 0 Å². The van der Waals surface area contributed by atoms with Crippen molar-refractivity contribution in [3.8, 4) is 0 Å². The first-order valence-electron chi connectivity index (χ1n) is 7.00. The van der Waals surface area contributed by atoms with E-state index >= 15 is 0 Å². The van der Waals surface area contributed by atoms with Crippen molar-refractivity contribution >= 4 is 4.57 Å². The van der Waals surface area contributed by atoms with Gasteiger partial charge in [0.1, 0.15) is 0 Å². The molecule has 2 rings (SSSR count). The molecule has 0 saturated carbocycles. The molecule has 0 aliphatic heterocycles. The predicted octanol–water partition coefficient (Wildman–Crippen LogP) is 3.34. The second kappa shape index (κ2) is 29.3. The van der Waals surface area contributed by atoms with Crippen LogP contribution in [-0.2, 0) is 43.8 Å². The summed E-state index contributed by atoms with van der Waals surface area (Å²) in [6, 6.07) is 21.1. The van der Waals surface area contributed by atoms with Crippen molar-refractivity contribution in [2.75, 3.05) is 7.11 Å². The Morgan fingerprint density at radius 2 is 1.00 bits per heavy atom. The second-order valence-electron chi connectivity index (χ2n) is 4.15. The average Bonchev–Trinajstić information content (AvgIpc) is 2.85. The van der Waals surface area contributed by atoms with Crippen molar-refractivity contribution in [2.45, 2.75) is 12.3 Å². The second-order valence-corrected chi connectivity index (χ2v) is 4.87. The number of ether oxygens (including phenoxy) is 1. The van der Waals surface area contributed by atoms with Crippen LogP contribution in [0.2, 0.25) is 0 Å². The monoisotopic (exact) mass is 416 g/mol. The maximum absolute atomic E-state index is 7.50. The van der Waals surface area contributed by atoms with Gasteiger partial charge in [-0.15, -0.1) is 0 Å². The Kier molecular flexibility index (Phi) is 34.6. The van der Waals surface area contributed by atoms with Gasteiger partial charge in [-0.05, 0) is 0 Å². The molecule has 7 heteroatoms. The molecule has 6 nitrogen and oxygen atoms in total. The van der Waals surface area contributed by atoms with Crippen LogP contribution in [0.15, 0.2) is 60.7 Å². The number of benzene rings is 2. The third kappa shape index (κ3) is 15.7. The third-order valence-electron chi connectivity index (χ3n) is 3.00. The molecule has 28 heavy (non-hydrogen) atoms. The van der Waals surface area contributed by atoms with E-state index in [0.29, 0.717) is 5.92 Å². The molecule has 0 aliphatic rings. The minimum absolute atomic E-state index is 0.337. The Hall–Kier alpha value is -2.50. The molecular formula is C21H16CrO6. The van der Waals surface area contributed by atoms with Gasteiger partial charge in [0.25, 0.3) is 0 Å². The van der Waals surface area contributed by atoms with Crippen LogP contribution in [0.3, 0.4) is 0 Å². The zero-order valence-electron chi connectivity index (χ0n) is 14.9. The molecule has 0 saturated heterocycles. The molecule has 0 atom stereocenters. The summed E-state index contributed by atoms with van der Waals surface area (Å²) in [6.45, 7) is 22.5. The quantitative estimate of drug-likeness (QED) is 0.541. The number of hydrogen-bond acceptors (Lipinski definition) is 1. The summed E-state index contributed by atoms with van der Waals surface area (Å²) in [6.07, 6.45) is 0.866. The predicted molar refractivity (Wildman–Crippen MR) is 91.0 cm³/mol. The fourth-order valence-electron chi connectivity index (χ4n) is 2.05. The van der Waals surface area contributed by atoms with E-state index in [4.69, 9.17) is 28.0 Å². The summed E-state index contributed by atoms with van der Waals surface area (Å²) < 4.78 is 43.7. The fraction of sp³-hybridized carbons (Fsp3) is 0.143. The van der Waals surface area contributed by atoms with Crippen molar-refractivity contribution < 1.29 is 43.8 Å². The zero-order chi connectivity index (χ0) is 22.8. The molecule has 0 bridgehead atoms. The van der Waals surface area contributed by atoms with Crippen LogP contribution >= 0.6 is 0 Å². The van der Waals surface area contributed by atoms with Gasteiger partial charge in [0, 0.05) is 0 Å². The summed E-state index contributed by atoms with van der Waals surface area (Å²) >= 11 is 2.99. The van der Waals surface area contributed by atoms with E-state index in [1.165, 1.54) is 11.1 Å². The van der Waals surface area contributed by atoms with Crippen LogP contribution in [0.1, 0.15) is 23.5 Å². The summed E-state index contributed by atoms with van der Waals surface area (Å²) in [7, 11) is 1.71. The first-order valence-corrected chi connectivity index (χ1v) is 7.64. The van der Waals surface area contributed by atoms with E-state index in [2.05, 4.69) is 97.6 Å². The van der Waals surface area contributed by atoms with E-state index in [9.17, 15) is 0 Å². The van der Waals surface area contributed by atoms with Crippen molar-refractivity contribution in [3.63, 3.8) is 0 Å². The Balaban J connectivity index is -0.000000251. The molecule has 0 unspecified atom stereocenters. The van der Waals surface area contributed by atoms with Gasteiger partial charge in [0.15, 0.2) is 0 Å². The first-order chi connectivity index (χ1) is 13.8. The van der Waals surface area contributed by atoms with Crippen molar-refractivity contribution in [2.24, 2.45) is 0 Å². The normalized spacial score (nSPS) is 7.14. The molecule has 0 N–H and O–H groups in total. The molecule has 0 aromatic heterocycles. The average molecular weight is 416 g/mol. The topological polar surface area (TPSA) is 109 Å². The minimum atomic E-state index is 0.337. The molecular weight excluding hydrogens is 400 g/mol. The standard InChI is InChI=1S/C16H16O.5CO.Cr/c1-17-13-12-16(14-8-4-2-5-9-14)15-10-6-3-7-11-15;5*1-2;/h2-11,16H,12H2,1H3;;;;;;. The van der Waals surface area contributed by atoms with Gasteiger partial charge in [-0.1, -0.05) is 0 Å². The van der Waals surface area contributed by atoms with Crippen LogP contribution < -0.4 is 0 Å². The fourth-order valence-corrected chi connectivity index (χ4v) is 2.31. The molecule has 0 radical (unpaired) electrons. The Labute approximate surface area is 173 Å². The molecule has 0 fully saturated rings.